The van der Waals surface area contributed by atoms with Crippen LogP contribution in [-0.4, -0.2) is 54.3 Å². The van der Waals surface area contributed by atoms with Gasteiger partial charge in [0.15, 0.2) is 5.60 Å². The first-order valence-corrected chi connectivity index (χ1v) is 7.66. The van der Waals surface area contributed by atoms with E-state index in [2.05, 4.69) is 0 Å². The van der Waals surface area contributed by atoms with Crippen LogP contribution in [0.25, 0.3) is 0 Å². The number of benzene rings is 1. The Hall–Kier alpha value is -2.15. The van der Waals surface area contributed by atoms with Gasteiger partial charge in [0, 0.05) is 20.2 Å². The fraction of sp³-hybridized carbons (Fsp3) is 0.529. The van der Waals surface area contributed by atoms with E-state index in [0.717, 1.165) is 0 Å². The Labute approximate surface area is 140 Å². The highest BCUT2D eigenvalue weighted by Crippen LogP contribution is 2.33. The first kappa shape index (κ1) is 18.2. The predicted molar refractivity (Wildman–Crippen MR) is 84.2 cm³/mol. The number of rotatable bonds is 6. The second-order valence-corrected chi connectivity index (χ2v) is 6.56. The lowest BCUT2D eigenvalue weighted by atomic mass is 9.88. The first-order valence-electron chi connectivity index (χ1n) is 7.66. The fourth-order valence-corrected chi connectivity index (χ4v) is 2.90. The third kappa shape index (κ3) is 3.67. The van der Waals surface area contributed by atoms with Crippen molar-refractivity contribution in [3.63, 3.8) is 0 Å². The molecular formula is C17H22FNO5. The first-order chi connectivity index (χ1) is 11.2. The van der Waals surface area contributed by atoms with Crippen LogP contribution in [-0.2, 0) is 14.3 Å². The van der Waals surface area contributed by atoms with Crippen LogP contribution < -0.4 is 4.74 Å². The number of halogens is 1. The summed E-state index contributed by atoms with van der Waals surface area (Å²) < 4.78 is 23.7. The van der Waals surface area contributed by atoms with Crippen molar-refractivity contribution in [3.8, 4) is 5.75 Å². The Morgan fingerprint density at radius 1 is 1.33 bits per heavy atom. The number of nitrogens with zero attached hydrogens (tertiary/aromatic N) is 1. The minimum Gasteiger partial charge on any atom is -0.481 e. The lowest BCUT2D eigenvalue weighted by Gasteiger charge is -2.31. The average molecular weight is 339 g/mol. The largest absolute Gasteiger partial charge is 0.481 e. The molecule has 132 valence electrons. The zero-order valence-electron chi connectivity index (χ0n) is 14.0. The molecule has 1 amide bonds. The topological polar surface area (TPSA) is 76.1 Å². The van der Waals surface area contributed by atoms with Crippen LogP contribution in [0.5, 0.6) is 5.75 Å². The smallest absolute Gasteiger partial charge is 0.313 e. The third-order valence-electron chi connectivity index (χ3n) is 4.22. The molecule has 1 N–H and O–H groups in total. The van der Waals surface area contributed by atoms with Gasteiger partial charge in [-0.2, -0.15) is 0 Å². The summed E-state index contributed by atoms with van der Waals surface area (Å²) in [4.78, 5) is 25.8. The van der Waals surface area contributed by atoms with Crippen LogP contribution in [0.1, 0.15) is 20.3 Å². The van der Waals surface area contributed by atoms with Crippen molar-refractivity contribution in [1.29, 1.82) is 0 Å². The Balaban J connectivity index is 2.10. The molecule has 1 heterocycles. The minimum atomic E-state index is -1.19. The van der Waals surface area contributed by atoms with Crippen molar-refractivity contribution < 1.29 is 28.6 Å². The Bertz CT molecular complexity index is 616. The summed E-state index contributed by atoms with van der Waals surface area (Å²) in [6, 6.07) is 5.39. The van der Waals surface area contributed by atoms with E-state index in [-0.39, 0.29) is 19.1 Å². The van der Waals surface area contributed by atoms with Crippen molar-refractivity contribution in [3.05, 3.63) is 30.1 Å². The van der Waals surface area contributed by atoms with Gasteiger partial charge in [0.05, 0.1) is 6.61 Å². The highest BCUT2D eigenvalue weighted by molar-refractivity contribution is 5.86. The SMILES string of the molecule is COCC1(C(=O)O)CCN(C(=O)C(C)(C)Oc2ccc(F)cc2)C1. The fourth-order valence-electron chi connectivity index (χ4n) is 2.90. The summed E-state index contributed by atoms with van der Waals surface area (Å²) >= 11 is 0. The molecule has 1 atom stereocenters. The summed E-state index contributed by atoms with van der Waals surface area (Å²) in [5, 5.41) is 9.47. The maximum atomic E-state index is 13.0. The van der Waals surface area contributed by atoms with E-state index < -0.39 is 22.8 Å². The van der Waals surface area contributed by atoms with E-state index in [4.69, 9.17) is 9.47 Å². The Morgan fingerprint density at radius 3 is 2.50 bits per heavy atom. The second kappa shape index (κ2) is 6.76. The molecule has 6 nitrogen and oxygen atoms in total. The number of methoxy groups -OCH3 is 1. The minimum absolute atomic E-state index is 0.0470. The summed E-state index contributed by atoms with van der Waals surface area (Å²) in [5.41, 5.74) is -2.28. The number of likely N-dealkylation sites (tertiary alicyclic amines) is 1. The molecule has 7 heteroatoms. The van der Waals surface area contributed by atoms with Crippen molar-refractivity contribution in [2.75, 3.05) is 26.8 Å². The third-order valence-corrected chi connectivity index (χ3v) is 4.22. The van der Waals surface area contributed by atoms with Crippen LogP contribution in [0.15, 0.2) is 24.3 Å². The highest BCUT2D eigenvalue weighted by atomic mass is 19.1. The van der Waals surface area contributed by atoms with Crippen molar-refractivity contribution in [2.24, 2.45) is 5.41 Å². The van der Waals surface area contributed by atoms with Gasteiger partial charge in [-0.25, -0.2) is 4.39 Å². The van der Waals surface area contributed by atoms with E-state index in [1.807, 2.05) is 0 Å². The molecule has 0 aromatic heterocycles. The normalized spacial score (nSPS) is 20.9. The Kier molecular flexibility index (Phi) is 5.13. The molecule has 0 saturated carbocycles. The molecule has 1 aliphatic heterocycles. The van der Waals surface area contributed by atoms with E-state index >= 15 is 0 Å². The van der Waals surface area contributed by atoms with Crippen LogP contribution in [0.4, 0.5) is 4.39 Å². The van der Waals surface area contributed by atoms with Gasteiger partial charge in [0.2, 0.25) is 0 Å². The van der Waals surface area contributed by atoms with Crippen LogP contribution >= 0.6 is 0 Å². The second-order valence-electron chi connectivity index (χ2n) is 6.56. The lowest BCUT2D eigenvalue weighted by Crippen LogP contribution is -2.49. The molecule has 1 fully saturated rings. The van der Waals surface area contributed by atoms with Crippen molar-refractivity contribution in [1.82, 2.24) is 4.90 Å². The zero-order valence-corrected chi connectivity index (χ0v) is 14.0. The monoisotopic (exact) mass is 339 g/mol. The molecular weight excluding hydrogens is 317 g/mol. The van der Waals surface area contributed by atoms with Gasteiger partial charge < -0.3 is 19.5 Å². The van der Waals surface area contributed by atoms with Gasteiger partial charge in [0.1, 0.15) is 17.0 Å². The van der Waals surface area contributed by atoms with Gasteiger partial charge in [-0.05, 0) is 44.5 Å². The molecule has 1 aliphatic rings. The molecule has 1 aromatic rings. The molecule has 0 radical (unpaired) electrons. The number of carbonyl (C=O) groups is 2. The summed E-state index contributed by atoms with van der Waals surface area (Å²) in [6.07, 6.45) is 0.328. The summed E-state index contributed by atoms with van der Waals surface area (Å²) in [5.74, 6) is -1.31. The van der Waals surface area contributed by atoms with Gasteiger partial charge in [0.25, 0.3) is 5.91 Å². The number of carbonyl (C=O) groups excluding carboxylic acids is 1. The average Bonchev–Trinajstić information content (AvgIpc) is 2.94. The highest BCUT2D eigenvalue weighted by Gasteiger charge is 2.49. The van der Waals surface area contributed by atoms with Gasteiger partial charge in [-0.3, -0.25) is 9.59 Å². The predicted octanol–water partition coefficient (Wildman–Crippen LogP) is 1.93. The van der Waals surface area contributed by atoms with E-state index in [0.29, 0.717) is 18.7 Å². The number of carboxylic acids is 1. The number of ether oxygens (including phenoxy) is 2. The van der Waals surface area contributed by atoms with E-state index in [1.165, 1.54) is 36.3 Å². The molecule has 2 rings (SSSR count). The van der Waals surface area contributed by atoms with Crippen molar-refractivity contribution >= 4 is 11.9 Å². The maximum Gasteiger partial charge on any atom is 0.313 e. The van der Waals surface area contributed by atoms with Gasteiger partial charge >= 0.3 is 5.97 Å². The number of aliphatic carboxylic acids is 1. The number of hydrogen-bond acceptors (Lipinski definition) is 4. The van der Waals surface area contributed by atoms with E-state index in [1.54, 1.807) is 13.8 Å². The molecule has 24 heavy (non-hydrogen) atoms. The van der Waals surface area contributed by atoms with Crippen molar-refractivity contribution in [2.45, 2.75) is 25.9 Å². The summed E-state index contributed by atoms with van der Waals surface area (Å²) in [6.45, 7) is 3.66. The van der Waals surface area contributed by atoms with Gasteiger partial charge in [-0.15, -0.1) is 0 Å². The lowest BCUT2D eigenvalue weighted by molar-refractivity contribution is -0.153. The van der Waals surface area contributed by atoms with E-state index in [9.17, 15) is 19.1 Å². The standard InChI is InChI=1S/C17H22FNO5/c1-16(2,24-13-6-4-12(18)5-7-13)14(20)19-9-8-17(10-19,11-23-3)15(21)22/h4-7H,8-11H2,1-3H3,(H,21,22). The molecule has 1 unspecified atom stereocenters. The number of carboxylic acid groups (broad SMARTS) is 1. The van der Waals surface area contributed by atoms with Crippen LogP contribution in [0.2, 0.25) is 0 Å². The van der Waals surface area contributed by atoms with Crippen LogP contribution in [0.3, 0.4) is 0 Å². The number of amides is 1. The maximum absolute atomic E-state index is 13.0. The zero-order chi connectivity index (χ0) is 18.0. The molecule has 1 saturated heterocycles. The molecule has 1 aromatic carbocycles. The molecule has 0 bridgehead atoms. The number of hydrogen-bond donors (Lipinski definition) is 1. The molecule has 0 spiro atoms. The quantitative estimate of drug-likeness (QED) is 0.857. The Morgan fingerprint density at radius 2 is 1.96 bits per heavy atom. The molecule has 0 aliphatic carbocycles. The summed E-state index contributed by atoms with van der Waals surface area (Å²) in [7, 11) is 1.44. The van der Waals surface area contributed by atoms with Crippen LogP contribution in [0, 0.1) is 11.2 Å². The van der Waals surface area contributed by atoms with Gasteiger partial charge in [-0.1, -0.05) is 0 Å².